The van der Waals surface area contributed by atoms with E-state index in [-0.39, 0.29) is 49.2 Å². The second kappa shape index (κ2) is 29.9. The van der Waals surface area contributed by atoms with Gasteiger partial charge in [0.05, 0.1) is 12.7 Å². The second-order valence-corrected chi connectivity index (χ2v) is 13.3. The molecule has 7 heteroatoms. The van der Waals surface area contributed by atoms with Crippen LogP contribution in [0.3, 0.4) is 0 Å². The van der Waals surface area contributed by atoms with Gasteiger partial charge < -0.3 is 19.7 Å². The number of carbonyl (C=O) groups excluding carboxylic acids is 3. The molecule has 0 radical (unpaired) electrons. The third kappa shape index (κ3) is 23.7. The number of rotatable bonds is 31. The van der Waals surface area contributed by atoms with Crippen LogP contribution in [0, 0.1) is 11.8 Å². The molecule has 47 heavy (non-hydrogen) atoms. The zero-order chi connectivity index (χ0) is 34.4. The molecule has 1 aliphatic carbocycles. The Labute approximate surface area is 286 Å². The van der Waals surface area contributed by atoms with Crippen LogP contribution in [0.5, 0.6) is 0 Å². The Morgan fingerprint density at radius 2 is 1.36 bits per heavy atom. The molecule has 0 aromatic carbocycles. The van der Waals surface area contributed by atoms with Crippen LogP contribution < -0.4 is 0 Å². The first-order chi connectivity index (χ1) is 22.9. The third-order valence-electron chi connectivity index (χ3n) is 8.93. The topological polar surface area (TPSA) is 110 Å². The number of ether oxygens (including phenoxy) is 2. The summed E-state index contributed by atoms with van der Waals surface area (Å²) in [6, 6.07) is 0. The molecule has 0 saturated heterocycles. The predicted molar refractivity (Wildman–Crippen MR) is 191 cm³/mol. The summed E-state index contributed by atoms with van der Waals surface area (Å²) >= 11 is 0. The number of esters is 2. The van der Waals surface area contributed by atoms with Gasteiger partial charge in [0.1, 0.15) is 6.61 Å². The van der Waals surface area contributed by atoms with E-state index >= 15 is 0 Å². The molecule has 1 aliphatic rings. The third-order valence-corrected chi connectivity index (χ3v) is 8.93. The van der Waals surface area contributed by atoms with E-state index in [1.54, 1.807) is 12.2 Å². The largest absolute Gasteiger partial charge is 0.462 e. The quantitative estimate of drug-likeness (QED) is 0.0433. The smallest absolute Gasteiger partial charge is 0.306 e. The van der Waals surface area contributed by atoms with Gasteiger partial charge in [-0.3, -0.25) is 14.4 Å². The Bertz CT molecular complexity index is 893. The fourth-order valence-corrected chi connectivity index (χ4v) is 5.90. The fourth-order valence-electron chi connectivity index (χ4n) is 5.90. The second-order valence-electron chi connectivity index (χ2n) is 13.3. The summed E-state index contributed by atoms with van der Waals surface area (Å²) in [5.74, 6) is -0.820. The SMILES string of the molecule is CCCCCCCCCCCCCCCCC(=O)O[C@@H](CO)COC(=O)CCC/C=C\C[C@H]1C=CC(=O)[C@@H]1/C=C/[C@@H](O)CCCCC. The lowest BCUT2D eigenvalue weighted by Crippen LogP contribution is -2.28. The predicted octanol–water partition coefficient (Wildman–Crippen LogP) is 9.29. The lowest BCUT2D eigenvalue weighted by molar-refractivity contribution is -0.161. The first-order valence-corrected chi connectivity index (χ1v) is 19.1. The van der Waals surface area contributed by atoms with Gasteiger partial charge in [-0.05, 0) is 44.1 Å². The Balaban J connectivity index is 2.08. The summed E-state index contributed by atoms with van der Waals surface area (Å²) < 4.78 is 10.6. The summed E-state index contributed by atoms with van der Waals surface area (Å²) in [6.07, 6.45) is 33.9. The zero-order valence-electron chi connectivity index (χ0n) is 29.9. The molecule has 0 spiro atoms. The standard InChI is InChI=1S/C40H68O7/c1-3-5-7-8-9-10-11-12-13-14-15-16-17-23-27-40(45)47-36(32-41)33-46-39(44)26-22-19-18-21-24-34-28-31-38(43)37(34)30-29-35(42)25-20-6-4-2/h18,21,28-31,34-37,41-42H,3-17,19-20,22-27,32-33H2,1-2H3/b21-18-,30-29+/t34-,35-,36-,37+/m0/s1. The van der Waals surface area contributed by atoms with Crippen molar-refractivity contribution in [1.82, 2.24) is 0 Å². The van der Waals surface area contributed by atoms with E-state index in [0.29, 0.717) is 19.3 Å². The van der Waals surface area contributed by atoms with Gasteiger partial charge in [0.15, 0.2) is 11.9 Å². The molecule has 0 heterocycles. The first-order valence-electron chi connectivity index (χ1n) is 19.1. The Morgan fingerprint density at radius 3 is 1.98 bits per heavy atom. The summed E-state index contributed by atoms with van der Waals surface area (Å²) in [6.45, 7) is 3.86. The molecule has 2 N–H and O–H groups in total. The monoisotopic (exact) mass is 660 g/mol. The molecule has 0 unspecified atom stereocenters. The summed E-state index contributed by atoms with van der Waals surface area (Å²) in [5, 5.41) is 19.7. The maximum absolute atomic E-state index is 12.3. The highest BCUT2D eigenvalue weighted by atomic mass is 16.6. The summed E-state index contributed by atoms with van der Waals surface area (Å²) in [4.78, 5) is 36.6. The minimum Gasteiger partial charge on any atom is -0.462 e. The van der Waals surface area contributed by atoms with Crippen molar-refractivity contribution < 1.29 is 34.1 Å². The number of unbranched alkanes of at least 4 members (excludes halogenated alkanes) is 16. The van der Waals surface area contributed by atoms with Crippen LogP contribution in [0.2, 0.25) is 0 Å². The van der Waals surface area contributed by atoms with Crippen molar-refractivity contribution in [3.63, 3.8) is 0 Å². The van der Waals surface area contributed by atoms with Gasteiger partial charge in [-0.25, -0.2) is 0 Å². The number of hydrogen-bond donors (Lipinski definition) is 2. The molecule has 0 aromatic rings. The molecule has 7 nitrogen and oxygen atoms in total. The highest BCUT2D eigenvalue weighted by Crippen LogP contribution is 2.27. The Hall–Kier alpha value is -2.25. The highest BCUT2D eigenvalue weighted by Gasteiger charge is 2.27. The van der Waals surface area contributed by atoms with Crippen LogP contribution in [0.1, 0.15) is 162 Å². The van der Waals surface area contributed by atoms with Gasteiger partial charge in [-0.1, -0.05) is 147 Å². The van der Waals surface area contributed by atoms with Gasteiger partial charge in [-0.15, -0.1) is 0 Å². The minimum absolute atomic E-state index is 0.0739. The van der Waals surface area contributed by atoms with Gasteiger partial charge >= 0.3 is 11.9 Å². The molecule has 270 valence electrons. The minimum atomic E-state index is -0.834. The van der Waals surface area contributed by atoms with E-state index in [9.17, 15) is 24.6 Å². The van der Waals surface area contributed by atoms with E-state index in [1.165, 1.54) is 70.6 Å². The van der Waals surface area contributed by atoms with Crippen molar-refractivity contribution in [3.8, 4) is 0 Å². The average molecular weight is 661 g/mol. The number of hydrogen-bond acceptors (Lipinski definition) is 7. The van der Waals surface area contributed by atoms with Crippen LogP contribution >= 0.6 is 0 Å². The normalized spacial score (nSPS) is 17.6. The van der Waals surface area contributed by atoms with Gasteiger partial charge in [0.25, 0.3) is 0 Å². The summed E-state index contributed by atoms with van der Waals surface area (Å²) in [7, 11) is 0. The fraction of sp³-hybridized carbons (Fsp3) is 0.775. The first kappa shape index (κ1) is 42.8. The molecule has 0 saturated carbocycles. The lowest BCUT2D eigenvalue weighted by Gasteiger charge is -2.15. The van der Waals surface area contributed by atoms with E-state index < -0.39 is 12.2 Å². The molecule has 0 amide bonds. The van der Waals surface area contributed by atoms with Crippen LogP contribution in [0.25, 0.3) is 0 Å². The maximum atomic E-state index is 12.3. The van der Waals surface area contributed by atoms with Crippen molar-refractivity contribution in [2.45, 2.75) is 174 Å². The van der Waals surface area contributed by atoms with Crippen molar-refractivity contribution in [2.75, 3.05) is 13.2 Å². The summed E-state index contributed by atoms with van der Waals surface area (Å²) in [5.41, 5.74) is 0. The van der Waals surface area contributed by atoms with Crippen molar-refractivity contribution in [2.24, 2.45) is 11.8 Å². The van der Waals surface area contributed by atoms with Crippen LogP contribution in [0.15, 0.2) is 36.5 Å². The van der Waals surface area contributed by atoms with E-state index in [1.807, 2.05) is 24.3 Å². The Kier molecular flexibility index (Phi) is 27.2. The molecule has 0 bridgehead atoms. The average Bonchev–Trinajstić information content (AvgIpc) is 3.42. The zero-order valence-corrected chi connectivity index (χ0v) is 29.9. The number of aliphatic hydroxyl groups excluding tert-OH is 2. The molecule has 0 fully saturated rings. The molecule has 0 aliphatic heterocycles. The molecule has 1 rings (SSSR count). The van der Waals surface area contributed by atoms with Crippen LogP contribution in [-0.2, 0) is 23.9 Å². The van der Waals surface area contributed by atoms with Gasteiger partial charge in [-0.2, -0.15) is 0 Å². The number of ketones is 1. The van der Waals surface area contributed by atoms with Gasteiger partial charge in [0.2, 0.25) is 0 Å². The van der Waals surface area contributed by atoms with Crippen LogP contribution in [0.4, 0.5) is 0 Å². The highest BCUT2D eigenvalue weighted by molar-refractivity contribution is 5.95. The van der Waals surface area contributed by atoms with E-state index in [4.69, 9.17) is 9.47 Å². The number of aliphatic hydroxyl groups is 2. The molecular weight excluding hydrogens is 592 g/mol. The number of carbonyl (C=O) groups is 3. The molecule has 0 aromatic heterocycles. The number of allylic oxidation sites excluding steroid dienone is 5. The van der Waals surface area contributed by atoms with E-state index in [2.05, 4.69) is 13.8 Å². The van der Waals surface area contributed by atoms with Crippen molar-refractivity contribution in [1.29, 1.82) is 0 Å². The Morgan fingerprint density at radius 1 is 0.787 bits per heavy atom. The van der Waals surface area contributed by atoms with Crippen molar-refractivity contribution in [3.05, 3.63) is 36.5 Å². The van der Waals surface area contributed by atoms with Crippen LogP contribution in [-0.4, -0.2) is 53.4 Å². The molecular formula is C40H68O7. The maximum Gasteiger partial charge on any atom is 0.306 e. The van der Waals surface area contributed by atoms with E-state index in [0.717, 1.165) is 51.4 Å². The van der Waals surface area contributed by atoms with Gasteiger partial charge in [0, 0.05) is 18.8 Å². The lowest BCUT2D eigenvalue weighted by atomic mass is 9.90. The molecule has 4 atom stereocenters. The van der Waals surface area contributed by atoms with Crippen molar-refractivity contribution >= 4 is 17.7 Å².